The fraction of sp³-hybridized carbons (Fsp3) is 0.500. The molecule has 0 bridgehead atoms. The Labute approximate surface area is 140 Å². The molecule has 1 aromatic rings. The second-order valence-electron chi connectivity index (χ2n) is 6.51. The molecule has 6 nitrogen and oxygen atoms in total. The lowest BCUT2D eigenvalue weighted by Gasteiger charge is -2.44. The van der Waals surface area contributed by atoms with Crippen molar-refractivity contribution in [2.75, 3.05) is 6.54 Å². The van der Waals surface area contributed by atoms with E-state index in [1.807, 2.05) is 0 Å². The number of benzene rings is 1. The molecule has 2 unspecified atom stereocenters. The Morgan fingerprint density at radius 2 is 1.96 bits per heavy atom. The highest BCUT2D eigenvalue weighted by Gasteiger charge is 2.38. The fourth-order valence-corrected chi connectivity index (χ4v) is 3.78. The van der Waals surface area contributed by atoms with Gasteiger partial charge in [0.1, 0.15) is 0 Å². The maximum absolute atomic E-state index is 12.7. The Hall–Kier alpha value is -2.37. The van der Waals surface area contributed by atoms with Crippen LogP contribution in [0.5, 0.6) is 0 Å². The van der Waals surface area contributed by atoms with Gasteiger partial charge in [0.2, 0.25) is 11.8 Å². The summed E-state index contributed by atoms with van der Waals surface area (Å²) in [5.41, 5.74) is 0.886. The molecule has 1 saturated carbocycles. The monoisotopic (exact) mass is 330 g/mol. The van der Waals surface area contributed by atoms with E-state index in [0.29, 0.717) is 12.0 Å². The molecule has 2 aliphatic rings. The Kier molecular flexibility index (Phi) is 4.83. The van der Waals surface area contributed by atoms with Gasteiger partial charge in [0, 0.05) is 12.5 Å². The second-order valence-corrected chi connectivity index (χ2v) is 6.51. The van der Waals surface area contributed by atoms with E-state index in [9.17, 15) is 19.5 Å². The van der Waals surface area contributed by atoms with Crippen molar-refractivity contribution in [1.82, 2.24) is 10.2 Å². The molecule has 0 spiro atoms. The summed E-state index contributed by atoms with van der Waals surface area (Å²) in [6.45, 7) is 0.112. The Morgan fingerprint density at radius 1 is 1.21 bits per heavy atom. The number of carbonyl (C=O) groups excluding carboxylic acids is 2. The average Bonchev–Trinajstić information content (AvgIpc) is 2.59. The number of nitrogens with zero attached hydrogens (tertiary/aromatic N) is 1. The molecule has 128 valence electrons. The number of aromatic carboxylic acids is 1. The molecule has 2 fully saturated rings. The number of carboxylic acids is 1. The van der Waals surface area contributed by atoms with Gasteiger partial charge in [-0.2, -0.15) is 0 Å². The number of rotatable bonds is 4. The van der Waals surface area contributed by atoms with Gasteiger partial charge < -0.3 is 15.3 Å². The summed E-state index contributed by atoms with van der Waals surface area (Å²) in [5.74, 6) is -1.15. The van der Waals surface area contributed by atoms with E-state index in [-0.39, 0.29) is 42.4 Å². The third-order valence-corrected chi connectivity index (χ3v) is 4.97. The maximum atomic E-state index is 12.7. The molecule has 0 aromatic heterocycles. The summed E-state index contributed by atoms with van der Waals surface area (Å²) in [7, 11) is 0. The third-order valence-electron chi connectivity index (χ3n) is 4.97. The van der Waals surface area contributed by atoms with E-state index in [1.54, 1.807) is 29.2 Å². The van der Waals surface area contributed by atoms with Crippen molar-refractivity contribution in [3.05, 3.63) is 35.4 Å². The summed E-state index contributed by atoms with van der Waals surface area (Å²) in [4.78, 5) is 37.5. The number of carboxylic acid groups (broad SMARTS) is 1. The molecule has 6 heteroatoms. The first-order chi connectivity index (χ1) is 11.6. The van der Waals surface area contributed by atoms with Crippen LogP contribution in [0, 0.1) is 0 Å². The Balaban J connectivity index is 1.68. The number of fused-ring (bicyclic) bond motifs is 1. The molecule has 0 radical (unpaired) electrons. The van der Waals surface area contributed by atoms with Gasteiger partial charge in [-0.05, 0) is 30.9 Å². The molecule has 1 aromatic carbocycles. The minimum Gasteiger partial charge on any atom is -0.478 e. The summed E-state index contributed by atoms with van der Waals surface area (Å²) < 4.78 is 0. The van der Waals surface area contributed by atoms with Crippen molar-refractivity contribution in [1.29, 1.82) is 0 Å². The van der Waals surface area contributed by atoms with Crippen LogP contribution in [0.2, 0.25) is 0 Å². The third kappa shape index (κ3) is 3.42. The molecule has 1 aliphatic carbocycles. The number of piperazine rings is 1. The lowest BCUT2D eigenvalue weighted by molar-refractivity contribution is -0.144. The normalized spacial score (nSPS) is 23.3. The minimum atomic E-state index is -0.984. The number of amides is 2. The first kappa shape index (κ1) is 16.5. The zero-order valence-electron chi connectivity index (χ0n) is 13.5. The molecule has 2 amide bonds. The Morgan fingerprint density at radius 3 is 2.75 bits per heavy atom. The van der Waals surface area contributed by atoms with Crippen molar-refractivity contribution in [2.45, 2.75) is 50.6 Å². The number of nitrogens with one attached hydrogen (secondary N) is 1. The number of hydrogen-bond donors (Lipinski definition) is 2. The lowest BCUT2D eigenvalue weighted by atomic mass is 9.87. The van der Waals surface area contributed by atoms with Crippen molar-refractivity contribution in [3.8, 4) is 0 Å². The van der Waals surface area contributed by atoms with E-state index >= 15 is 0 Å². The first-order valence-electron chi connectivity index (χ1n) is 8.46. The molecular weight excluding hydrogens is 308 g/mol. The smallest absolute Gasteiger partial charge is 0.335 e. The van der Waals surface area contributed by atoms with Crippen LogP contribution in [0.4, 0.5) is 0 Å². The molecular formula is C18H22N2O4. The van der Waals surface area contributed by atoms with Gasteiger partial charge in [-0.25, -0.2) is 4.79 Å². The second kappa shape index (κ2) is 7.03. The van der Waals surface area contributed by atoms with Crippen LogP contribution < -0.4 is 5.32 Å². The predicted octanol–water partition coefficient (Wildman–Crippen LogP) is 1.59. The summed E-state index contributed by atoms with van der Waals surface area (Å²) >= 11 is 0. The molecule has 24 heavy (non-hydrogen) atoms. The molecule has 2 N–H and O–H groups in total. The fourth-order valence-electron chi connectivity index (χ4n) is 3.78. The standard InChI is InChI=1S/C18H22N2O4/c21-16-11-20(15-8-4-3-7-14(15)19-16)17(22)10-9-12-5-1-2-6-13(12)18(23)24/h1-2,5-6,14-15H,3-4,7-11H2,(H,19,21)(H,23,24). The van der Waals surface area contributed by atoms with E-state index in [2.05, 4.69) is 5.32 Å². The quantitative estimate of drug-likeness (QED) is 0.878. The summed E-state index contributed by atoms with van der Waals surface area (Å²) in [6, 6.07) is 6.89. The lowest BCUT2D eigenvalue weighted by Crippen LogP contribution is -2.62. The van der Waals surface area contributed by atoms with Crippen LogP contribution in [0.3, 0.4) is 0 Å². The van der Waals surface area contributed by atoms with Crippen LogP contribution in [0.15, 0.2) is 24.3 Å². The Bertz CT molecular complexity index is 658. The van der Waals surface area contributed by atoms with Gasteiger partial charge in [-0.15, -0.1) is 0 Å². The zero-order valence-corrected chi connectivity index (χ0v) is 13.5. The van der Waals surface area contributed by atoms with Crippen molar-refractivity contribution in [2.24, 2.45) is 0 Å². The van der Waals surface area contributed by atoms with Gasteiger partial charge in [-0.1, -0.05) is 31.0 Å². The highest BCUT2D eigenvalue weighted by atomic mass is 16.4. The van der Waals surface area contributed by atoms with Crippen molar-refractivity contribution in [3.63, 3.8) is 0 Å². The molecule has 1 heterocycles. The van der Waals surface area contributed by atoms with E-state index < -0.39 is 5.97 Å². The molecule has 3 rings (SSSR count). The maximum Gasteiger partial charge on any atom is 0.335 e. The zero-order chi connectivity index (χ0) is 17.1. The first-order valence-corrected chi connectivity index (χ1v) is 8.46. The van der Waals surface area contributed by atoms with Gasteiger partial charge in [-0.3, -0.25) is 9.59 Å². The summed E-state index contributed by atoms with van der Waals surface area (Å²) in [6.07, 6.45) is 4.58. The van der Waals surface area contributed by atoms with Gasteiger partial charge in [0.15, 0.2) is 0 Å². The van der Waals surface area contributed by atoms with Crippen LogP contribution in [-0.4, -0.2) is 46.4 Å². The van der Waals surface area contributed by atoms with Crippen molar-refractivity contribution < 1.29 is 19.5 Å². The van der Waals surface area contributed by atoms with E-state index in [0.717, 1.165) is 25.7 Å². The molecule has 1 aliphatic heterocycles. The number of hydrogen-bond acceptors (Lipinski definition) is 3. The van der Waals surface area contributed by atoms with Crippen LogP contribution in [0.25, 0.3) is 0 Å². The SMILES string of the molecule is O=C1CN(C(=O)CCc2ccccc2C(=O)O)C2CCCCC2N1. The predicted molar refractivity (Wildman–Crippen MR) is 87.6 cm³/mol. The summed E-state index contributed by atoms with van der Waals surface area (Å²) in [5, 5.41) is 12.2. The van der Waals surface area contributed by atoms with Gasteiger partial charge in [0.25, 0.3) is 0 Å². The molecule has 1 saturated heterocycles. The van der Waals surface area contributed by atoms with Crippen LogP contribution in [0.1, 0.15) is 48.0 Å². The largest absolute Gasteiger partial charge is 0.478 e. The van der Waals surface area contributed by atoms with Crippen LogP contribution in [-0.2, 0) is 16.0 Å². The van der Waals surface area contributed by atoms with E-state index in [4.69, 9.17) is 0 Å². The minimum absolute atomic E-state index is 0.0651. The van der Waals surface area contributed by atoms with Gasteiger partial charge in [0.05, 0.1) is 18.2 Å². The average molecular weight is 330 g/mol. The highest BCUT2D eigenvalue weighted by Crippen LogP contribution is 2.26. The number of carbonyl (C=O) groups is 3. The van der Waals surface area contributed by atoms with E-state index in [1.165, 1.54) is 0 Å². The highest BCUT2D eigenvalue weighted by molar-refractivity contribution is 5.90. The van der Waals surface area contributed by atoms with Gasteiger partial charge >= 0.3 is 5.97 Å². The van der Waals surface area contributed by atoms with Crippen LogP contribution >= 0.6 is 0 Å². The van der Waals surface area contributed by atoms with Crippen molar-refractivity contribution >= 4 is 17.8 Å². The molecule has 2 atom stereocenters. The topological polar surface area (TPSA) is 86.7 Å². The number of aryl methyl sites for hydroxylation is 1.